The third-order valence-electron chi connectivity index (χ3n) is 2.53. The van der Waals surface area contributed by atoms with Crippen molar-refractivity contribution in [3.63, 3.8) is 0 Å². The van der Waals surface area contributed by atoms with Crippen molar-refractivity contribution in [2.75, 3.05) is 6.54 Å². The molecule has 0 aliphatic heterocycles. The van der Waals surface area contributed by atoms with Crippen LogP contribution in [0.1, 0.15) is 0 Å². The van der Waals surface area contributed by atoms with E-state index in [0.717, 1.165) is 6.07 Å². The molecular formula is C12H12BrFN2O2S. The highest BCUT2D eigenvalue weighted by Gasteiger charge is 2.15. The number of rotatable bonds is 5. The maximum atomic E-state index is 13.3. The lowest BCUT2D eigenvalue weighted by Crippen LogP contribution is -2.27. The average Bonchev–Trinajstić information content (AvgIpc) is 2.85. The Hall–Kier alpha value is -1.18. The van der Waals surface area contributed by atoms with Gasteiger partial charge in [0, 0.05) is 25.5 Å². The second-order valence-corrected chi connectivity index (χ2v) is 6.52. The van der Waals surface area contributed by atoms with Gasteiger partial charge in [-0.1, -0.05) is 0 Å². The number of nitrogens with zero attached hydrogens (tertiary/aromatic N) is 1. The van der Waals surface area contributed by atoms with E-state index < -0.39 is 15.8 Å². The van der Waals surface area contributed by atoms with Crippen molar-refractivity contribution in [1.82, 2.24) is 9.29 Å². The summed E-state index contributed by atoms with van der Waals surface area (Å²) in [6, 6.07) is 7.43. The van der Waals surface area contributed by atoms with Crippen LogP contribution in [0.5, 0.6) is 0 Å². The molecule has 0 bridgehead atoms. The minimum absolute atomic E-state index is 0.0827. The van der Waals surface area contributed by atoms with Gasteiger partial charge in [0.15, 0.2) is 0 Å². The minimum atomic E-state index is -3.68. The molecule has 19 heavy (non-hydrogen) atoms. The van der Waals surface area contributed by atoms with Crippen LogP contribution in [0.2, 0.25) is 0 Å². The molecule has 0 aliphatic rings. The third kappa shape index (κ3) is 3.65. The average molecular weight is 347 g/mol. The number of hydrogen-bond acceptors (Lipinski definition) is 2. The molecule has 1 N–H and O–H groups in total. The molecule has 0 spiro atoms. The van der Waals surface area contributed by atoms with Crippen molar-refractivity contribution in [3.05, 3.63) is 53.0 Å². The van der Waals surface area contributed by atoms with Gasteiger partial charge in [-0.25, -0.2) is 17.5 Å². The summed E-state index contributed by atoms with van der Waals surface area (Å²) in [6.45, 7) is 0.764. The first-order valence-electron chi connectivity index (χ1n) is 5.54. The summed E-state index contributed by atoms with van der Waals surface area (Å²) >= 11 is 2.98. The van der Waals surface area contributed by atoms with Crippen LogP contribution in [-0.4, -0.2) is 19.5 Å². The Morgan fingerprint density at radius 1 is 1.26 bits per heavy atom. The predicted molar refractivity (Wildman–Crippen MR) is 73.7 cm³/mol. The zero-order valence-corrected chi connectivity index (χ0v) is 12.3. The zero-order chi connectivity index (χ0) is 13.9. The SMILES string of the molecule is O=S(=O)(NCCn1cccc1)c1ccc(Br)c(F)c1. The zero-order valence-electron chi connectivity index (χ0n) is 9.88. The topological polar surface area (TPSA) is 51.1 Å². The van der Waals surface area contributed by atoms with E-state index in [-0.39, 0.29) is 15.9 Å². The molecule has 0 saturated carbocycles. The number of halogens is 2. The summed E-state index contributed by atoms with van der Waals surface area (Å²) < 4.78 is 41.7. The first-order valence-corrected chi connectivity index (χ1v) is 7.82. The fourth-order valence-electron chi connectivity index (χ4n) is 1.56. The Kier molecular flexibility index (Phi) is 4.38. The van der Waals surface area contributed by atoms with E-state index in [1.807, 2.05) is 29.1 Å². The van der Waals surface area contributed by atoms with Crippen LogP contribution in [0.25, 0.3) is 0 Å². The van der Waals surface area contributed by atoms with Gasteiger partial charge < -0.3 is 4.57 Å². The molecule has 4 nitrogen and oxygen atoms in total. The molecule has 0 atom stereocenters. The summed E-state index contributed by atoms with van der Waals surface area (Å²) in [4.78, 5) is -0.0827. The molecule has 1 aromatic heterocycles. The highest BCUT2D eigenvalue weighted by Crippen LogP contribution is 2.19. The van der Waals surface area contributed by atoms with Crippen molar-refractivity contribution in [3.8, 4) is 0 Å². The quantitative estimate of drug-likeness (QED) is 0.903. The van der Waals surface area contributed by atoms with E-state index in [1.165, 1.54) is 12.1 Å². The fourth-order valence-corrected chi connectivity index (χ4v) is 2.83. The monoisotopic (exact) mass is 346 g/mol. The molecule has 0 radical (unpaired) electrons. The maximum Gasteiger partial charge on any atom is 0.240 e. The van der Waals surface area contributed by atoms with Crippen LogP contribution in [0.3, 0.4) is 0 Å². The van der Waals surface area contributed by atoms with Crippen LogP contribution in [0, 0.1) is 5.82 Å². The summed E-state index contributed by atoms with van der Waals surface area (Å²) in [5.74, 6) is -0.603. The van der Waals surface area contributed by atoms with E-state index in [4.69, 9.17) is 0 Å². The Morgan fingerprint density at radius 3 is 2.58 bits per heavy atom. The molecule has 0 fully saturated rings. The van der Waals surface area contributed by atoms with Crippen molar-refractivity contribution < 1.29 is 12.8 Å². The number of sulfonamides is 1. The Morgan fingerprint density at radius 2 is 1.95 bits per heavy atom. The van der Waals surface area contributed by atoms with Gasteiger partial charge in [-0.05, 0) is 46.3 Å². The first kappa shape index (κ1) is 14.2. The molecule has 1 heterocycles. The highest BCUT2D eigenvalue weighted by atomic mass is 79.9. The smallest absolute Gasteiger partial charge is 0.240 e. The van der Waals surface area contributed by atoms with Crippen molar-refractivity contribution in [2.24, 2.45) is 0 Å². The Balaban J connectivity index is 2.03. The van der Waals surface area contributed by atoms with Crippen LogP contribution >= 0.6 is 15.9 Å². The second kappa shape index (κ2) is 5.85. The number of aromatic nitrogens is 1. The van der Waals surface area contributed by atoms with Crippen LogP contribution in [0.4, 0.5) is 4.39 Å². The molecule has 1 aromatic carbocycles. The van der Waals surface area contributed by atoms with Crippen LogP contribution in [0.15, 0.2) is 52.1 Å². The summed E-state index contributed by atoms with van der Waals surface area (Å²) in [6.07, 6.45) is 3.68. The molecule has 2 aromatic rings. The van der Waals surface area contributed by atoms with E-state index in [2.05, 4.69) is 20.7 Å². The minimum Gasteiger partial charge on any atom is -0.353 e. The second-order valence-electron chi connectivity index (χ2n) is 3.89. The van der Waals surface area contributed by atoms with E-state index >= 15 is 0 Å². The van der Waals surface area contributed by atoms with Crippen LogP contribution < -0.4 is 4.72 Å². The first-order chi connectivity index (χ1) is 8.99. The van der Waals surface area contributed by atoms with Crippen molar-refractivity contribution in [1.29, 1.82) is 0 Å². The number of nitrogens with one attached hydrogen (secondary N) is 1. The maximum absolute atomic E-state index is 13.3. The number of hydrogen-bond donors (Lipinski definition) is 1. The summed E-state index contributed by atoms with van der Waals surface area (Å²) in [7, 11) is -3.68. The van der Waals surface area contributed by atoms with Crippen molar-refractivity contribution >= 4 is 26.0 Å². The standard InChI is InChI=1S/C12H12BrFN2O2S/c13-11-4-3-10(9-12(11)14)19(17,18)15-5-8-16-6-1-2-7-16/h1-4,6-7,9,15H,5,8H2. The molecule has 0 aliphatic carbocycles. The van der Waals surface area contributed by atoms with Gasteiger partial charge in [-0.2, -0.15) is 0 Å². The van der Waals surface area contributed by atoms with Gasteiger partial charge in [0.05, 0.1) is 9.37 Å². The highest BCUT2D eigenvalue weighted by molar-refractivity contribution is 9.10. The normalized spacial score (nSPS) is 11.7. The fraction of sp³-hybridized carbons (Fsp3) is 0.167. The van der Waals surface area contributed by atoms with Gasteiger partial charge in [-0.3, -0.25) is 0 Å². The van der Waals surface area contributed by atoms with E-state index in [1.54, 1.807) is 0 Å². The van der Waals surface area contributed by atoms with Gasteiger partial charge in [0.25, 0.3) is 0 Å². The lowest BCUT2D eigenvalue weighted by molar-refractivity contribution is 0.569. The molecule has 0 unspecified atom stereocenters. The number of benzene rings is 1. The van der Waals surface area contributed by atoms with Crippen LogP contribution in [-0.2, 0) is 16.6 Å². The summed E-state index contributed by atoms with van der Waals surface area (Å²) in [5, 5.41) is 0. The molecule has 2 rings (SSSR count). The molecule has 0 saturated heterocycles. The molecule has 102 valence electrons. The van der Waals surface area contributed by atoms with E-state index in [9.17, 15) is 12.8 Å². The Bertz CT molecular complexity index is 656. The summed E-state index contributed by atoms with van der Waals surface area (Å²) in [5.41, 5.74) is 0. The van der Waals surface area contributed by atoms with Gasteiger partial charge in [0.1, 0.15) is 5.82 Å². The lowest BCUT2D eigenvalue weighted by atomic mass is 10.3. The van der Waals surface area contributed by atoms with Gasteiger partial charge in [0.2, 0.25) is 10.0 Å². The van der Waals surface area contributed by atoms with Crippen molar-refractivity contribution in [2.45, 2.75) is 11.4 Å². The Labute approximate surface area is 119 Å². The molecular weight excluding hydrogens is 335 g/mol. The molecule has 7 heteroatoms. The molecule has 0 amide bonds. The lowest BCUT2D eigenvalue weighted by Gasteiger charge is -2.08. The predicted octanol–water partition coefficient (Wildman–Crippen LogP) is 2.37. The van der Waals surface area contributed by atoms with Gasteiger partial charge >= 0.3 is 0 Å². The van der Waals surface area contributed by atoms with E-state index in [0.29, 0.717) is 6.54 Å². The van der Waals surface area contributed by atoms with Gasteiger partial charge in [-0.15, -0.1) is 0 Å². The largest absolute Gasteiger partial charge is 0.353 e. The third-order valence-corrected chi connectivity index (χ3v) is 4.63.